The van der Waals surface area contributed by atoms with E-state index in [-0.39, 0.29) is 23.0 Å². The molecule has 0 aromatic carbocycles. The van der Waals surface area contributed by atoms with Gasteiger partial charge in [0.2, 0.25) is 0 Å². The zero-order valence-electron chi connectivity index (χ0n) is 17.5. The average molecular weight is 373 g/mol. The maximum Gasteiger partial charge on any atom is 0.306 e. The number of ketones is 1. The second-order valence-electron chi connectivity index (χ2n) is 10.6. The summed E-state index contributed by atoms with van der Waals surface area (Å²) in [4.78, 5) is 24.1. The third-order valence-corrected chi connectivity index (χ3v) is 9.78. The first-order valence-electron chi connectivity index (χ1n) is 11.2. The van der Waals surface area contributed by atoms with E-state index in [0.29, 0.717) is 29.6 Å². The molecule has 0 aromatic heterocycles. The van der Waals surface area contributed by atoms with Gasteiger partial charge in [-0.05, 0) is 85.0 Å². The number of hydrogen-bond donors (Lipinski definition) is 1. The molecule has 3 fully saturated rings. The molecule has 0 aliphatic heterocycles. The fourth-order valence-corrected chi connectivity index (χ4v) is 8.09. The third kappa shape index (κ3) is 2.67. The van der Waals surface area contributed by atoms with E-state index in [4.69, 9.17) is 0 Å². The van der Waals surface area contributed by atoms with Crippen LogP contribution < -0.4 is 0 Å². The standard InChI is InChI=1S/C24H36O3/c1-5-15-6-7-19-21-18(14(2)22(26)27)13-16-12-17(25)8-10-24(16,4)20(21)9-11-23(15,19)3/h12,14-15,18-21H,5-11,13H2,1-4H3,(H,26,27)/t14?,15-,18?,19+,20+,21+,23-,24+/m1/s1. The zero-order chi connectivity index (χ0) is 19.6. The van der Waals surface area contributed by atoms with Crippen LogP contribution in [0.15, 0.2) is 11.6 Å². The highest BCUT2D eigenvalue weighted by molar-refractivity contribution is 5.91. The van der Waals surface area contributed by atoms with Crippen LogP contribution in [0, 0.1) is 46.3 Å². The van der Waals surface area contributed by atoms with E-state index in [2.05, 4.69) is 20.8 Å². The van der Waals surface area contributed by atoms with Crippen LogP contribution in [-0.2, 0) is 9.59 Å². The second-order valence-corrected chi connectivity index (χ2v) is 10.6. The molecule has 4 rings (SSSR count). The Balaban J connectivity index is 1.78. The summed E-state index contributed by atoms with van der Waals surface area (Å²) in [6.07, 6.45) is 10.7. The monoisotopic (exact) mass is 372 g/mol. The number of aliphatic carboxylic acids is 1. The summed E-state index contributed by atoms with van der Waals surface area (Å²) in [5.41, 5.74) is 1.76. The number of carbonyl (C=O) groups excluding carboxylic acids is 1. The van der Waals surface area contributed by atoms with Crippen LogP contribution in [0.2, 0.25) is 0 Å². The Kier molecular flexibility index (Phi) is 4.59. The number of carbonyl (C=O) groups is 2. The first-order chi connectivity index (χ1) is 12.7. The van der Waals surface area contributed by atoms with Crippen LogP contribution >= 0.6 is 0 Å². The van der Waals surface area contributed by atoms with Crippen molar-refractivity contribution in [1.82, 2.24) is 0 Å². The number of rotatable bonds is 3. The largest absolute Gasteiger partial charge is 0.481 e. The second kappa shape index (κ2) is 6.46. The van der Waals surface area contributed by atoms with Crippen LogP contribution in [0.25, 0.3) is 0 Å². The first kappa shape index (κ1) is 19.2. The Hall–Kier alpha value is -1.12. The summed E-state index contributed by atoms with van der Waals surface area (Å²) in [7, 11) is 0. The molecule has 0 bridgehead atoms. The Morgan fingerprint density at radius 1 is 1.22 bits per heavy atom. The molecule has 0 radical (unpaired) electrons. The van der Waals surface area contributed by atoms with Gasteiger partial charge in [0.1, 0.15) is 0 Å². The SMILES string of the molecule is CC[C@@H]1CC[C@H]2[C@@H]3C(C(C)C(=O)O)CC4=CC(=O)CC[C@]4(C)[C@H]3CC[C@]12C. The topological polar surface area (TPSA) is 54.4 Å². The van der Waals surface area contributed by atoms with Gasteiger partial charge in [-0.25, -0.2) is 0 Å². The molecule has 150 valence electrons. The van der Waals surface area contributed by atoms with Gasteiger partial charge < -0.3 is 5.11 Å². The minimum atomic E-state index is -0.664. The van der Waals surface area contributed by atoms with Crippen molar-refractivity contribution >= 4 is 11.8 Å². The van der Waals surface area contributed by atoms with Crippen LogP contribution in [0.5, 0.6) is 0 Å². The average Bonchev–Trinajstić information content (AvgIpc) is 2.97. The normalized spacial score (nSPS) is 47.5. The molecule has 8 atom stereocenters. The predicted octanol–water partition coefficient (Wildman–Crippen LogP) is 5.49. The van der Waals surface area contributed by atoms with Gasteiger partial charge in [0.05, 0.1) is 5.92 Å². The summed E-state index contributed by atoms with van der Waals surface area (Å²) in [5.74, 6) is 1.93. The molecule has 27 heavy (non-hydrogen) atoms. The molecule has 0 spiro atoms. The molecule has 1 N–H and O–H groups in total. The molecule has 3 nitrogen and oxygen atoms in total. The Morgan fingerprint density at radius 3 is 2.63 bits per heavy atom. The van der Waals surface area contributed by atoms with Crippen molar-refractivity contribution in [2.24, 2.45) is 46.3 Å². The fraction of sp³-hybridized carbons (Fsp3) is 0.833. The van der Waals surface area contributed by atoms with Gasteiger partial charge in [-0.2, -0.15) is 0 Å². The van der Waals surface area contributed by atoms with Gasteiger partial charge >= 0.3 is 5.97 Å². The van der Waals surface area contributed by atoms with E-state index in [0.717, 1.165) is 18.8 Å². The lowest BCUT2D eigenvalue weighted by molar-refractivity contribution is -0.149. The summed E-state index contributed by atoms with van der Waals surface area (Å²) in [6.45, 7) is 9.14. The summed E-state index contributed by atoms with van der Waals surface area (Å²) in [5, 5.41) is 9.85. The smallest absolute Gasteiger partial charge is 0.306 e. The minimum absolute atomic E-state index is 0.110. The molecule has 2 unspecified atom stereocenters. The molecule has 4 aliphatic rings. The van der Waals surface area contributed by atoms with E-state index in [1.165, 1.54) is 37.7 Å². The summed E-state index contributed by atoms with van der Waals surface area (Å²) < 4.78 is 0. The maximum atomic E-state index is 12.2. The van der Waals surface area contributed by atoms with Gasteiger partial charge in [0.15, 0.2) is 5.78 Å². The molecule has 3 heteroatoms. The number of allylic oxidation sites excluding steroid dienone is 1. The van der Waals surface area contributed by atoms with Crippen molar-refractivity contribution in [2.75, 3.05) is 0 Å². The van der Waals surface area contributed by atoms with Gasteiger partial charge in [0, 0.05) is 6.42 Å². The lowest BCUT2D eigenvalue weighted by atomic mass is 9.43. The van der Waals surface area contributed by atoms with Crippen molar-refractivity contribution < 1.29 is 14.7 Å². The Labute approximate surface area is 164 Å². The highest BCUT2D eigenvalue weighted by Gasteiger charge is 2.61. The molecule has 0 saturated heterocycles. The predicted molar refractivity (Wildman–Crippen MR) is 106 cm³/mol. The van der Waals surface area contributed by atoms with E-state index < -0.39 is 5.97 Å². The molecule has 0 aromatic rings. The van der Waals surface area contributed by atoms with E-state index in [9.17, 15) is 14.7 Å². The van der Waals surface area contributed by atoms with Crippen molar-refractivity contribution in [2.45, 2.75) is 79.1 Å². The highest BCUT2D eigenvalue weighted by Crippen LogP contribution is 2.68. The number of carboxylic acid groups (broad SMARTS) is 1. The molecule has 0 heterocycles. The molecular weight excluding hydrogens is 336 g/mol. The number of fused-ring (bicyclic) bond motifs is 5. The third-order valence-electron chi connectivity index (χ3n) is 9.78. The van der Waals surface area contributed by atoms with Crippen molar-refractivity contribution in [1.29, 1.82) is 0 Å². The lowest BCUT2D eigenvalue weighted by Gasteiger charge is -2.61. The van der Waals surface area contributed by atoms with Crippen LogP contribution in [0.3, 0.4) is 0 Å². The number of carboxylic acids is 1. The van der Waals surface area contributed by atoms with Gasteiger partial charge in [-0.3, -0.25) is 9.59 Å². The van der Waals surface area contributed by atoms with Crippen molar-refractivity contribution in [3.63, 3.8) is 0 Å². The number of hydrogen-bond acceptors (Lipinski definition) is 2. The molecular formula is C24H36O3. The van der Waals surface area contributed by atoms with E-state index in [1.54, 1.807) is 0 Å². The van der Waals surface area contributed by atoms with Crippen LogP contribution in [-0.4, -0.2) is 16.9 Å². The van der Waals surface area contributed by atoms with Gasteiger partial charge in [0.25, 0.3) is 0 Å². The zero-order valence-corrected chi connectivity index (χ0v) is 17.5. The van der Waals surface area contributed by atoms with E-state index in [1.807, 2.05) is 13.0 Å². The van der Waals surface area contributed by atoms with Crippen LogP contribution in [0.1, 0.15) is 79.1 Å². The van der Waals surface area contributed by atoms with Crippen LogP contribution in [0.4, 0.5) is 0 Å². The van der Waals surface area contributed by atoms with Gasteiger partial charge in [-0.1, -0.05) is 39.7 Å². The van der Waals surface area contributed by atoms with Gasteiger partial charge in [-0.15, -0.1) is 0 Å². The van der Waals surface area contributed by atoms with Crippen molar-refractivity contribution in [3.8, 4) is 0 Å². The lowest BCUT2D eigenvalue weighted by Crippen LogP contribution is -2.55. The van der Waals surface area contributed by atoms with Crippen molar-refractivity contribution in [3.05, 3.63) is 11.6 Å². The summed E-state index contributed by atoms with van der Waals surface area (Å²) >= 11 is 0. The molecule has 3 saturated carbocycles. The van der Waals surface area contributed by atoms with E-state index >= 15 is 0 Å². The first-order valence-corrected chi connectivity index (χ1v) is 11.2. The Morgan fingerprint density at radius 2 is 1.96 bits per heavy atom. The maximum absolute atomic E-state index is 12.2. The Bertz CT molecular complexity index is 679. The highest BCUT2D eigenvalue weighted by atomic mass is 16.4. The quantitative estimate of drug-likeness (QED) is 0.712. The molecule has 0 amide bonds. The molecule has 4 aliphatic carbocycles. The minimum Gasteiger partial charge on any atom is -0.481 e. The fourth-order valence-electron chi connectivity index (χ4n) is 8.09. The summed E-state index contributed by atoms with van der Waals surface area (Å²) in [6, 6.07) is 0.